The third kappa shape index (κ3) is 4.97. The molecule has 8 nitrogen and oxygen atoms in total. The van der Waals surface area contributed by atoms with Gasteiger partial charge in [0.1, 0.15) is 11.5 Å². The summed E-state index contributed by atoms with van der Waals surface area (Å²) >= 11 is 1.75. The molecule has 1 aromatic carbocycles. The lowest BCUT2D eigenvalue weighted by molar-refractivity contribution is -0.156. The molecule has 1 saturated heterocycles. The average Bonchev–Trinajstić information content (AvgIpc) is 3.36. The van der Waals surface area contributed by atoms with Crippen molar-refractivity contribution in [1.82, 2.24) is 19.5 Å². The number of aromatic nitrogens is 3. The first-order valence-electron chi connectivity index (χ1n) is 15.7. The lowest BCUT2D eigenvalue weighted by atomic mass is 9.78. The van der Waals surface area contributed by atoms with Crippen LogP contribution < -0.4 is 4.90 Å². The van der Waals surface area contributed by atoms with E-state index in [0.29, 0.717) is 48.2 Å². The summed E-state index contributed by atoms with van der Waals surface area (Å²) in [6, 6.07) is 11.0. The topological polar surface area (TPSA) is 80.0 Å². The molecule has 3 aliphatic rings. The van der Waals surface area contributed by atoms with Crippen LogP contribution in [0.5, 0.6) is 0 Å². The lowest BCUT2D eigenvalue weighted by Crippen LogP contribution is -2.38. The number of ether oxygens (including phenoxy) is 1. The Hall–Kier alpha value is -3.79. The molecular formula is C34H38FN5O3S. The molecule has 2 atom stereocenters. The Morgan fingerprint density at radius 1 is 1.11 bits per heavy atom. The van der Waals surface area contributed by atoms with Gasteiger partial charge in [-0.3, -0.25) is 9.59 Å². The highest BCUT2D eigenvalue weighted by atomic mass is 32.1. The largest absolute Gasteiger partial charge is 0.466 e. The van der Waals surface area contributed by atoms with Gasteiger partial charge in [-0.05, 0) is 101 Å². The van der Waals surface area contributed by atoms with Crippen molar-refractivity contribution < 1.29 is 18.7 Å². The van der Waals surface area contributed by atoms with Crippen LogP contribution in [0.2, 0.25) is 0 Å². The van der Waals surface area contributed by atoms with E-state index in [2.05, 4.69) is 23.3 Å². The number of anilines is 1. The number of fused-ring (bicyclic) bond motifs is 2. The molecule has 2 aliphatic heterocycles. The maximum absolute atomic E-state index is 15.7. The highest BCUT2D eigenvalue weighted by Crippen LogP contribution is 2.42. The van der Waals surface area contributed by atoms with Gasteiger partial charge in [-0.1, -0.05) is 0 Å². The Labute approximate surface area is 260 Å². The van der Waals surface area contributed by atoms with Crippen molar-refractivity contribution in [2.45, 2.75) is 65.3 Å². The fraction of sp³-hybridized carbons (Fsp3) is 0.471. The highest BCUT2D eigenvalue weighted by molar-refractivity contribution is 7.10. The number of amides is 1. The van der Waals surface area contributed by atoms with E-state index in [4.69, 9.17) is 14.8 Å². The van der Waals surface area contributed by atoms with Crippen LogP contribution in [0.25, 0.3) is 16.9 Å². The summed E-state index contributed by atoms with van der Waals surface area (Å²) in [6.07, 6.45) is 3.76. The second-order valence-electron chi connectivity index (χ2n) is 12.9. The van der Waals surface area contributed by atoms with Crippen LogP contribution in [0.1, 0.15) is 85.5 Å². The van der Waals surface area contributed by atoms with E-state index >= 15 is 4.39 Å². The molecule has 1 saturated carbocycles. The quantitative estimate of drug-likeness (QED) is 0.217. The molecule has 4 aromatic rings. The first-order chi connectivity index (χ1) is 21.2. The zero-order valence-electron chi connectivity index (χ0n) is 25.7. The molecule has 0 N–H and O–H groups in total. The van der Waals surface area contributed by atoms with Gasteiger partial charge in [0.25, 0.3) is 5.91 Å². The monoisotopic (exact) mass is 615 g/mol. The molecule has 2 fully saturated rings. The van der Waals surface area contributed by atoms with E-state index in [-0.39, 0.29) is 29.7 Å². The molecule has 3 aromatic heterocycles. The number of carbonyl (C=O) groups excluding carboxylic acids is 2. The van der Waals surface area contributed by atoms with E-state index in [1.165, 1.54) is 10.4 Å². The molecule has 10 heteroatoms. The van der Waals surface area contributed by atoms with Crippen molar-refractivity contribution in [3.8, 4) is 11.3 Å². The maximum atomic E-state index is 15.7. The zero-order chi connectivity index (χ0) is 30.7. The number of benzene rings is 1. The van der Waals surface area contributed by atoms with Crippen molar-refractivity contribution in [2.24, 2.45) is 11.3 Å². The zero-order valence-corrected chi connectivity index (χ0v) is 26.5. The van der Waals surface area contributed by atoms with E-state index in [0.717, 1.165) is 43.6 Å². The van der Waals surface area contributed by atoms with Crippen LogP contribution in [-0.2, 0) is 16.0 Å². The predicted molar refractivity (Wildman–Crippen MR) is 169 cm³/mol. The van der Waals surface area contributed by atoms with Crippen molar-refractivity contribution >= 4 is 34.5 Å². The molecule has 44 heavy (non-hydrogen) atoms. The molecule has 5 heterocycles. The van der Waals surface area contributed by atoms with Gasteiger partial charge in [-0.2, -0.15) is 5.10 Å². The Morgan fingerprint density at radius 2 is 1.93 bits per heavy atom. The van der Waals surface area contributed by atoms with E-state index < -0.39 is 5.41 Å². The summed E-state index contributed by atoms with van der Waals surface area (Å²) in [5, 5.41) is 6.89. The summed E-state index contributed by atoms with van der Waals surface area (Å²) in [7, 11) is 0. The van der Waals surface area contributed by atoms with Gasteiger partial charge in [0.05, 0.1) is 23.8 Å². The second-order valence-corrected chi connectivity index (χ2v) is 13.9. The standard InChI is InChI=1S/C34H38FN5O3S/c1-5-43-33(42)34(3,4)22-10-13-38(19-22)23-8-9-25(26(35)16-23)27-18-31-36-28(17-29(21-6-7-21)40(31)37-27)32(41)39-14-11-30-24(20(39)2)12-15-44-30/h8-9,12,15-18,20-22H,5-7,10-11,13-14,19H2,1-4H3/t20-,22?/m1/s1. The van der Waals surface area contributed by atoms with Crippen molar-refractivity contribution in [3.63, 3.8) is 0 Å². The minimum atomic E-state index is -0.606. The van der Waals surface area contributed by atoms with Gasteiger partial charge in [-0.15, -0.1) is 11.3 Å². The fourth-order valence-corrected chi connectivity index (χ4v) is 7.78. The lowest BCUT2D eigenvalue weighted by Gasteiger charge is -2.33. The minimum Gasteiger partial charge on any atom is -0.466 e. The van der Waals surface area contributed by atoms with Crippen LogP contribution in [0.3, 0.4) is 0 Å². The number of rotatable bonds is 7. The van der Waals surface area contributed by atoms with Crippen molar-refractivity contribution in [3.05, 3.63) is 69.4 Å². The second kappa shape index (κ2) is 11.0. The van der Waals surface area contributed by atoms with Gasteiger partial charge in [-0.25, -0.2) is 13.9 Å². The van der Waals surface area contributed by atoms with Gasteiger partial charge in [0.2, 0.25) is 0 Å². The van der Waals surface area contributed by atoms with Gasteiger partial charge >= 0.3 is 5.97 Å². The van der Waals surface area contributed by atoms with E-state index in [9.17, 15) is 9.59 Å². The van der Waals surface area contributed by atoms with Gasteiger partial charge < -0.3 is 14.5 Å². The molecule has 1 unspecified atom stereocenters. The van der Waals surface area contributed by atoms with Crippen molar-refractivity contribution in [2.75, 3.05) is 31.1 Å². The van der Waals surface area contributed by atoms with Crippen LogP contribution in [0, 0.1) is 17.2 Å². The van der Waals surface area contributed by atoms with Gasteiger partial charge in [0.15, 0.2) is 5.65 Å². The smallest absolute Gasteiger partial charge is 0.311 e. The third-order valence-electron chi connectivity index (χ3n) is 9.81. The number of carbonyl (C=O) groups is 2. The normalized spacial score (nSPS) is 20.3. The number of hydrogen-bond acceptors (Lipinski definition) is 7. The fourth-order valence-electron chi connectivity index (χ4n) is 6.82. The Morgan fingerprint density at radius 3 is 2.68 bits per heavy atom. The van der Waals surface area contributed by atoms with E-state index in [1.54, 1.807) is 34.1 Å². The minimum absolute atomic E-state index is 0.00453. The number of halogens is 1. The Bertz CT molecular complexity index is 1760. The number of hydrogen-bond donors (Lipinski definition) is 0. The van der Waals surface area contributed by atoms with Crippen LogP contribution in [-0.4, -0.2) is 57.6 Å². The molecule has 0 bridgehead atoms. The Balaban J connectivity index is 1.15. The first kappa shape index (κ1) is 29.0. The molecule has 1 amide bonds. The van der Waals surface area contributed by atoms with Gasteiger partial charge in [0, 0.05) is 53.4 Å². The summed E-state index contributed by atoms with van der Waals surface area (Å²) in [5.74, 6) is -0.196. The summed E-state index contributed by atoms with van der Waals surface area (Å²) in [5.41, 5.74) is 4.21. The summed E-state index contributed by atoms with van der Waals surface area (Å²) < 4.78 is 22.8. The van der Waals surface area contributed by atoms with Crippen LogP contribution in [0.15, 0.2) is 41.8 Å². The Kier molecular flexibility index (Phi) is 7.22. The van der Waals surface area contributed by atoms with E-state index in [1.807, 2.05) is 37.8 Å². The summed E-state index contributed by atoms with van der Waals surface area (Å²) in [6.45, 7) is 10.2. The number of thiophene rings is 1. The average molecular weight is 616 g/mol. The summed E-state index contributed by atoms with van der Waals surface area (Å²) in [4.78, 5) is 36.5. The van der Waals surface area contributed by atoms with Crippen LogP contribution >= 0.6 is 11.3 Å². The molecule has 0 spiro atoms. The molecular weight excluding hydrogens is 577 g/mol. The third-order valence-corrected chi connectivity index (χ3v) is 10.8. The molecule has 230 valence electrons. The first-order valence-corrected chi connectivity index (χ1v) is 16.5. The maximum Gasteiger partial charge on any atom is 0.311 e. The predicted octanol–water partition coefficient (Wildman–Crippen LogP) is 6.65. The van der Waals surface area contributed by atoms with Crippen molar-refractivity contribution in [1.29, 1.82) is 0 Å². The number of esters is 1. The van der Waals surface area contributed by atoms with Crippen LogP contribution in [0.4, 0.5) is 10.1 Å². The number of nitrogens with zero attached hydrogens (tertiary/aromatic N) is 5. The molecule has 7 rings (SSSR count). The molecule has 1 aliphatic carbocycles. The highest BCUT2D eigenvalue weighted by Gasteiger charge is 2.42. The SMILES string of the molecule is CCOC(=O)C(C)(C)C1CCN(c2ccc(-c3cc4nc(C(=O)N5CCc6sccc6[C@H]5C)cc(C5CC5)n4n3)c(F)c2)C1. The molecule has 0 radical (unpaired) electrons.